The van der Waals surface area contributed by atoms with Crippen LogP contribution in [0.15, 0.2) is 30.5 Å². The van der Waals surface area contributed by atoms with Crippen LogP contribution in [0.2, 0.25) is 0 Å². The van der Waals surface area contributed by atoms with Crippen molar-refractivity contribution < 1.29 is 4.79 Å². The normalized spacial score (nSPS) is 17.7. The maximum Gasteiger partial charge on any atom is 0.242 e. The second-order valence-electron chi connectivity index (χ2n) is 6.66. The minimum absolute atomic E-state index is 0.00428. The molecule has 1 aromatic carbocycles. The monoisotopic (exact) mass is 326 g/mol. The first-order valence-corrected chi connectivity index (χ1v) is 8.69. The molecule has 2 heterocycles. The van der Waals surface area contributed by atoms with Gasteiger partial charge in [-0.1, -0.05) is 23.8 Å². The summed E-state index contributed by atoms with van der Waals surface area (Å²) in [5.74, 6) is 0.456. The molecule has 0 bridgehead atoms. The molecule has 1 unspecified atom stereocenters. The second-order valence-corrected chi connectivity index (χ2v) is 6.66. The number of benzene rings is 1. The van der Waals surface area contributed by atoms with E-state index in [0.717, 1.165) is 25.2 Å². The van der Waals surface area contributed by atoms with Gasteiger partial charge in [-0.2, -0.15) is 5.10 Å². The highest BCUT2D eigenvalue weighted by Gasteiger charge is 2.19. The predicted molar refractivity (Wildman–Crippen MR) is 94.8 cm³/mol. The van der Waals surface area contributed by atoms with Crippen molar-refractivity contribution >= 4 is 5.91 Å². The number of piperidine rings is 1. The van der Waals surface area contributed by atoms with Crippen molar-refractivity contribution in [3.63, 3.8) is 0 Å². The van der Waals surface area contributed by atoms with Crippen LogP contribution in [0.25, 0.3) is 0 Å². The molecule has 1 atom stereocenters. The van der Waals surface area contributed by atoms with Crippen LogP contribution in [-0.4, -0.2) is 28.8 Å². The third-order valence-electron chi connectivity index (χ3n) is 4.74. The van der Waals surface area contributed by atoms with E-state index < -0.39 is 0 Å². The van der Waals surface area contributed by atoms with Crippen LogP contribution in [0.4, 0.5) is 0 Å². The maximum atomic E-state index is 12.3. The average Bonchev–Trinajstić information content (AvgIpc) is 3.04. The second kappa shape index (κ2) is 7.62. The summed E-state index contributed by atoms with van der Waals surface area (Å²) in [7, 11) is 0. The van der Waals surface area contributed by atoms with Crippen LogP contribution in [-0.2, 0) is 17.9 Å². The van der Waals surface area contributed by atoms with E-state index in [4.69, 9.17) is 0 Å². The number of carbonyl (C=O) groups is 1. The Morgan fingerprint density at radius 3 is 3.04 bits per heavy atom. The van der Waals surface area contributed by atoms with E-state index in [-0.39, 0.29) is 12.5 Å². The Morgan fingerprint density at radius 2 is 2.25 bits per heavy atom. The van der Waals surface area contributed by atoms with Crippen LogP contribution in [0.1, 0.15) is 41.1 Å². The number of nitrogens with one attached hydrogen (secondary N) is 2. The third kappa shape index (κ3) is 4.03. The maximum absolute atomic E-state index is 12.3. The van der Waals surface area contributed by atoms with Crippen molar-refractivity contribution in [3.05, 3.63) is 52.8 Å². The Bertz CT molecular complexity index is 701. The molecule has 3 rings (SSSR count). The Hall–Kier alpha value is -2.14. The molecule has 1 saturated heterocycles. The van der Waals surface area contributed by atoms with Gasteiger partial charge in [0.1, 0.15) is 6.54 Å². The quantitative estimate of drug-likeness (QED) is 0.886. The molecule has 5 heteroatoms. The van der Waals surface area contributed by atoms with Gasteiger partial charge in [-0.25, -0.2) is 0 Å². The Balaban J connectivity index is 1.59. The highest BCUT2D eigenvalue weighted by atomic mass is 16.2. The first-order chi connectivity index (χ1) is 11.6. The SMILES string of the molecule is Cc1ccc(C)c(CNC(=O)Cn2nccc2C2CCCNC2)c1. The van der Waals surface area contributed by atoms with Gasteiger partial charge < -0.3 is 10.6 Å². The summed E-state index contributed by atoms with van der Waals surface area (Å²) in [6.07, 6.45) is 4.12. The minimum atomic E-state index is 0.00428. The van der Waals surface area contributed by atoms with Crippen molar-refractivity contribution in [2.45, 2.75) is 45.7 Å². The standard InChI is InChI=1S/C19H26N4O/c1-14-5-6-15(2)17(10-14)12-21-19(24)13-23-18(7-9-22-23)16-4-3-8-20-11-16/h5-7,9-10,16,20H,3-4,8,11-13H2,1-2H3,(H,21,24). The number of amides is 1. The summed E-state index contributed by atoms with van der Waals surface area (Å²) in [5.41, 5.74) is 4.74. The van der Waals surface area contributed by atoms with Gasteiger partial charge >= 0.3 is 0 Å². The number of aromatic nitrogens is 2. The number of hydrogen-bond acceptors (Lipinski definition) is 3. The fourth-order valence-corrected chi connectivity index (χ4v) is 3.30. The third-order valence-corrected chi connectivity index (χ3v) is 4.74. The molecular weight excluding hydrogens is 300 g/mol. The molecule has 0 aliphatic carbocycles. The number of nitrogens with zero attached hydrogens (tertiary/aromatic N) is 2. The largest absolute Gasteiger partial charge is 0.350 e. The highest BCUT2D eigenvalue weighted by molar-refractivity contribution is 5.75. The zero-order valence-electron chi connectivity index (χ0n) is 14.5. The van der Waals surface area contributed by atoms with E-state index in [1.807, 2.05) is 10.7 Å². The summed E-state index contributed by atoms with van der Waals surface area (Å²) >= 11 is 0. The van der Waals surface area contributed by atoms with Crippen LogP contribution in [0.5, 0.6) is 0 Å². The van der Waals surface area contributed by atoms with Crippen LogP contribution < -0.4 is 10.6 Å². The van der Waals surface area contributed by atoms with E-state index in [2.05, 4.69) is 47.8 Å². The summed E-state index contributed by atoms with van der Waals surface area (Å²) in [4.78, 5) is 12.3. The average molecular weight is 326 g/mol. The van der Waals surface area contributed by atoms with Crippen molar-refractivity contribution in [1.29, 1.82) is 0 Å². The molecule has 5 nitrogen and oxygen atoms in total. The lowest BCUT2D eigenvalue weighted by Crippen LogP contribution is -2.32. The van der Waals surface area contributed by atoms with Crippen molar-refractivity contribution in [3.8, 4) is 0 Å². The highest BCUT2D eigenvalue weighted by Crippen LogP contribution is 2.22. The molecule has 1 amide bonds. The van der Waals surface area contributed by atoms with E-state index in [0.29, 0.717) is 12.5 Å². The molecule has 1 aromatic heterocycles. The zero-order valence-corrected chi connectivity index (χ0v) is 14.5. The lowest BCUT2D eigenvalue weighted by Gasteiger charge is -2.23. The molecule has 2 aromatic rings. The molecule has 2 N–H and O–H groups in total. The Morgan fingerprint density at radius 1 is 1.38 bits per heavy atom. The van der Waals surface area contributed by atoms with E-state index >= 15 is 0 Å². The zero-order chi connectivity index (χ0) is 16.9. The number of rotatable bonds is 5. The molecular formula is C19H26N4O. The summed E-state index contributed by atoms with van der Waals surface area (Å²) in [6, 6.07) is 8.35. The summed E-state index contributed by atoms with van der Waals surface area (Å²) < 4.78 is 1.84. The van der Waals surface area contributed by atoms with Crippen molar-refractivity contribution in [2.75, 3.05) is 13.1 Å². The van der Waals surface area contributed by atoms with Gasteiger partial charge in [-0.05, 0) is 50.4 Å². The van der Waals surface area contributed by atoms with Gasteiger partial charge in [-0.3, -0.25) is 9.48 Å². The Labute approximate surface area is 143 Å². The van der Waals surface area contributed by atoms with Gasteiger partial charge in [0.15, 0.2) is 0 Å². The molecule has 128 valence electrons. The molecule has 0 saturated carbocycles. The number of hydrogen-bond donors (Lipinski definition) is 2. The number of aryl methyl sites for hydroxylation is 2. The first kappa shape index (κ1) is 16.7. The van der Waals surface area contributed by atoms with Gasteiger partial charge in [0.05, 0.1) is 0 Å². The van der Waals surface area contributed by atoms with Gasteiger partial charge in [-0.15, -0.1) is 0 Å². The van der Waals surface area contributed by atoms with Crippen molar-refractivity contribution in [1.82, 2.24) is 20.4 Å². The summed E-state index contributed by atoms with van der Waals surface area (Å²) in [6.45, 7) is 7.04. The molecule has 24 heavy (non-hydrogen) atoms. The van der Waals surface area contributed by atoms with Crippen LogP contribution in [0, 0.1) is 13.8 Å². The van der Waals surface area contributed by atoms with Gasteiger partial charge in [0.2, 0.25) is 5.91 Å². The lowest BCUT2D eigenvalue weighted by atomic mass is 9.96. The van der Waals surface area contributed by atoms with E-state index in [1.165, 1.54) is 23.1 Å². The van der Waals surface area contributed by atoms with E-state index in [9.17, 15) is 4.79 Å². The predicted octanol–water partition coefficient (Wildman–Crippen LogP) is 2.28. The topological polar surface area (TPSA) is 59.0 Å². The number of carbonyl (C=O) groups excluding carboxylic acids is 1. The molecule has 0 spiro atoms. The fourth-order valence-electron chi connectivity index (χ4n) is 3.30. The van der Waals surface area contributed by atoms with Gasteiger partial charge in [0.25, 0.3) is 0 Å². The first-order valence-electron chi connectivity index (χ1n) is 8.69. The molecule has 1 fully saturated rings. The minimum Gasteiger partial charge on any atom is -0.350 e. The smallest absolute Gasteiger partial charge is 0.242 e. The van der Waals surface area contributed by atoms with Crippen molar-refractivity contribution in [2.24, 2.45) is 0 Å². The van der Waals surface area contributed by atoms with Crippen LogP contribution >= 0.6 is 0 Å². The molecule has 0 radical (unpaired) electrons. The molecule has 1 aliphatic heterocycles. The lowest BCUT2D eigenvalue weighted by molar-refractivity contribution is -0.122. The van der Waals surface area contributed by atoms with Crippen LogP contribution in [0.3, 0.4) is 0 Å². The fraction of sp³-hybridized carbons (Fsp3) is 0.474. The Kier molecular flexibility index (Phi) is 5.30. The van der Waals surface area contributed by atoms with Gasteiger partial charge in [0, 0.05) is 30.9 Å². The summed E-state index contributed by atoms with van der Waals surface area (Å²) in [5, 5.41) is 10.8. The molecule has 1 aliphatic rings. The van der Waals surface area contributed by atoms with E-state index in [1.54, 1.807) is 6.20 Å².